The number of likely N-dealkylation sites (tertiary alicyclic amines) is 1. The molecule has 1 fully saturated rings. The van der Waals surface area contributed by atoms with Crippen LogP contribution in [-0.2, 0) is 11.3 Å². The van der Waals surface area contributed by atoms with Crippen molar-refractivity contribution in [2.24, 2.45) is 0 Å². The van der Waals surface area contributed by atoms with Gasteiger partial charge in [-0.05, 0) is 45.1 Å². The summed E-state index contributed by atoms with van der Waals surface area (Å²) in [6.07, 6.45) is 5.92. The third-order valence-corrected chi connectivity index (χ3v) is 5.49. The van der Waals surface area contributed by atoms with E-state index in [1.165, 1.54) is 32.4 Å². The monoisotopic (exact) mass is 396 g/mol. The predicted molar refractivity (Wildman–Crippen MR) is 113 cm³/mol. The molecule has 1 aromatic carbocycles. The topological polar surface area (TPSA) is 95.0 Å². The molecule has 3 heterocycles. The third-order valence-electron chi connectivity index (χ3n) is 5.49. The molecule has 0 unspecified atom stereocenters. The number of H-pyrrole nitrogens is 1. The normalized spacial score (nSPS) is 15.1. The van der Waals surface area contributed by atoms with Gasteiger partial charge in [0.25, 0.3) is 0 Å². The first-order valence-corrected chi connectivity index (χ1v) is 10.2. The first-order valence-electron chi connectivity index (χ1n) is 10.2. The lowest BCUT2D eigenvalue weighted by Crippen LogP contribution is -2.34. The molecule has 1 aliphatic rings. The molecule has 4 rings (SSSR count). The maximum Gasteiger partial charge on any atom is 0.241 e. The summed E-state index contributed by atoms with van der Waals surface area (Å²) in [7, 11) is 3.49. The van der Waals surface area contributed by atoms with Crippen molar-refractivity contribution in [3.63, 3.8) is 0 Å². The summed E-state index contributed by atoms with van der Waals surface area (Å²) in [5.41, 5.74) is 2.66. The van der Waals surface area contributed by atoms with E-state index >= 15 is 0 Å². The molecule has 0 bridgehead atoms. The summed E-state index contributed by atoms with van der Waals surface area (Å²) in [6.45, 7) is 4.47. The van der Waals surface area contributed by atoms with Crippen molar-refractivity contribution in [1.29, 1.82) is 0 Å². The zero-order valence-corrected chi connectivity index (χ0v) is 17.1. The lowest BCUT2D eigenvalue weighted by atomic mass is 10.1. The minimum Gasteiger partial charge on any atom is -0.311 e. The molecule has 2 aromatic heterocycles. The van der Waals surface area contributed by atoms with E-state index in [-0.39, 0.29) is 12.5 Å². The summed E-state index contributed by atoms with van der Waals surface area (Å²) in [5.74, 6) is 0.564. The van der Waals surface area contributed by atoms with Gasteiger partial charge in [-0.15, -0.1) is 5.10 Å². The summed E-state index contributed by atoms with van der Waals surface area (Å²) in [5, 5.41) is 19.7. The molecule has 0 aliphatic carbocycles. The maximum atomic E-state index is 12.2. The van der Waals surface area contributed by atoms with Gasteiger partial charge in [0, 0.05) is 24.5 Å². The molecule has 0 spiro atoms. The molecule has 9 nitrogen and oxygen atoms in total. The molecule has 9 heteroatoms. The standard InChI is InChI=1S/C20H28N8O/c1-21-13-19(29)26(2)20-16-12-15(6-7-17(16)22-24-20)18-14-28(25-23-18)11-10-27-8-4-3-5-9-27/h6-7,12,14,21H,3-5,8-11,13H2,1-2H3,(H,22,24). The van der Waals surface area contributed by atoms with Crippen LogP contribution in [0, 0.1) is 0 Å². The molecular formula is C20H28N8O. The molecular weight excluding hydrogens is 368 g/mol. The van der Waals surface area contributed by atoms with Crippen LogP contribution in [-0.4, -0.2) is 76.3 Å². The number of aromatic nitrogens is 5. The molecule has 29 heavy (non-hydrogen) atoms. The van der Waals surface area contributed by atoms with E-state index in [1.807, 2.05) is 29.1 Å². The van der Waals surface area contributed by atoms with Gasteiger partial charge >= 0.3 is 0 Å². The van der Waals surface area contributed by atoms with E-state index < -0.39 is 0 Å². The minimum atomic E-state index is -0.0463. The van der Waals surface area contributed by atoms with Crippen molar-refractivity contribution in [2.75, 3.05) is 45.2 Å². The lowest BCUT2D eigenvalue weighted by molar-refractivity contribution is -0.117. The molecule has 1 amide bonds. The van der Waals surface area contributed by atoms with Crippen LogP contribution in [0.5, 0.6) is 0 Å². The Morgan fingerprint density at radius 1 is 1.24 bits per heavy atom. The van der Waals surface area contributed by atoms with Crippen molar-refractivity contribution in [3.8, 4) is 11.3 Å². The van der Waals surface area contributed by atoms with Crippen molar-refractivity contribution in [3.05, 3.63) is 24.4 Å². The molecule has 0 atom stereocenters. The highest BCUT2D eigenvalue weighted by atomic mass is 16.2. The van der Waals surface area contributed by atoms with Crippen LogP contribution in [0.2, 0.25) is 0 Å². The SMILES string of the molecule is CNCC(=O)N(C)c1n[nH]c2ccc(-c3cn(CCN4CCCCC4)nn3)cc12. The Labute approximate surface area is 170 Å². The number of carbonyl (C=O) groups is 1. The second-order valence-electron chi connectivity index (χ2n) is 7.56. The Kier molecular flexibility index (Phi) is 5.86. The fraction of sp³-hybridized carbons (Fsp3) is 0.500. The first kappa shape index (κ1) is 19.5. The number of likely N-dealkylation sites (N-methyl/N-ethyl adjacent to an activating group) is 2. The van der Waals surface area contributed by atoms with Gasteiger partial charge < -0.3 is 10.2 Å². The second-order valence-corrected chi connectivity index (χ2v) is 7.56. The number of benzene rings is 1. The van der Waals surface area contributed by atoms with Gasteiger partial charge in [0.15, 0.2) is 5.82 Å². The van der Waals surface area contributed by atoms with Gasteiger partial charge in [0.05, 0.1) is 24.8 Å². The second kappa shape index (κ2) is 8.71. The number of nitrogens with one attached hydrogen (secondary N) is 2. The third kappa shape index (κ3) is 4.30. The Hall–Kier alpha value is -2.78. The number of nitrogens with zero attached hydrogens (tertiary/aromatic N) is 6. The van der Waals surface area contributed by atoms with Crippen molar-refractivity contribution in [2.45, 2.75) is 25.8 Å². The molecule has 1 aliphatic heterocycles. The van der Waals surface area contributed by atoms with Gasteiger partial charge in [-0.25, -0.2) is 0 Å². The Bertz CT molecular complexity index is 972. The fourth-order valence-corrected chi connectivity index (χ4v) is 3.77. The number of piperidine rings is 1. The van der Waals surface area contributed by atoms with Crippen molar-refractivity contribution < 1.29 is 4.79 Å². The Morgan fingerprint density at radius 2 is 2.07 bits per heavy atom. The number of fused-ring (bicyclic) bond motifs is 1. The zero-order valence-electron chi connectivity index (χ0n) is 17.1. The van der Waals surface area contributed by atoms with Crippen molar-refractivity contribution in [1.82, 2.24) is 35.4 Å². The van der Waals surface area contributed by atoms with Crippen LogP contribution in [0.15, 0.2) is 24.4 Å². The number of amides is 1. The van der Waals surface area contributed by atoms with Gasteiger partial charge in [0.1, 0.15) is 5.69 Å². The quantitative estimate of drug-likeness (QED) is 0.628. The van der Waals surface area contributed by atoms with Gasteiger partial charge in [-0.3, -0.25) is 19.5 Å². The largest absolute Gasteiger partial charge is 0.311 e. The van der Waals surface area contributed by atoms with Crippen molar-refractivity contribution >= 4 is 22.6 Å². The molecule has 0 radical (unpaired) electrons. The van der Waals surface area contributed by atoms with E-state index in [0.717, 1.165) is 35.2 Å². The Morgan fingerprint density at radius 3 is 2.86 bits per heavy atom. The number of carbonyl (C=O) groups excluding carboxylic acids is 1. The van der Waals surface area contributed by atoms with Crippen LogP contribution in [0.3, 0.4) is 0 Å². The molecule has 0 saturated carbocycles. The number of rotatable bonds is 7. The predicted octanol–water partition coefficient (Wildman–Crippen LogP) is 1.49. The zero-order chi connectivity index (χ0) is 20.2. The number of hydrogen-bond donors (Lipinski definition) is 2. The van der Waals surface area contributed by atoms with E-state index in [4.69, 9.17) is 0 Å². The van der Waals surface area contributed by atoms with Crippen LogP contribution in [0.4, 0.5) is 5.82 Å². The van der Waals surface area contributed by atoms with Crippen LogP contribution in [0.25, 0.3) is 22.2 Å². The highest BCUT2D eigenvalue weighted by Gasteiger charge is 2.17. The fourth-order valence-electron chi connectivity index (χ4n) is 3.77. The molecule has 1 saturated heterocycles. The van der Waals surface area contributed by atoms with Crippen LogP contribution >= 0.6 is 0 Å². The summed E-state index contributed by atoms with van der Waals surface area (Å²) in [6, 6.07) is 5.97. The molecule has 154 valence electrons. The Balaban J connectivity index is 1.51. The number of aromatic amines is 1. The summed E-state index contributed by atoms with van der Waals surface area (Å²) in [4.78, 5) is 16.3. The van der Waals surface area contributed by atoms with E-state index in [9.17, 15) is 4.79 Å². The van der Waals surface area contributed by atoms with Gasteiger partial charge in [0.2, 0.25) is 5.91 Å². The average Bonchev–Trinajstić information content (AvgIpc) is 3.39. The van der Waals surface area contributed by atoms with Gasteiger partial charge in [-0.1, -0.05) is 17.7 Å². The number of hydrogen-bond acceptors (Lipinski definition) is 6. The number of anilines is 1. The smallest absolute Gasteiger partial charge is 0.241 e. The van der Waals surface area contributed by atoms with E-state index in [0.29, 0.717) is 5.82 Å². The summed E-state index contributed by atoms with van der Waals surface area (Å²) >= 11 is 0. The molecule has 3 aromatic rings. The lowest BCUT2D eigenvalue weighted by Gasteiger charge is -2.25. The van der Waals surface area contributed by atoms with E-state index in [1.54, 1.807) is 19.0 Å². The highest BCUT2D eigenvalue weighted by molar-refractivity contribution is 6.02. The van der Waals surface area contributed by atoms with Crippen LogP contribution < -0.4 is 10.2 Å². The minimum absolute atomic E-state index is 0.0463. The summed E-state index contributed by atoms with van der Waals surface area (Å²) < 4.78 is 1.91. The van der Waals surface area contributed by atoms with E-state index in [2.05, 4.69) is 30.7 Å². The highest BCUT2D eigenvalue weighted by Crippen LogP contribution is 2.28. The maximum absolute atomic E-state index is 12.2. The van der Waals surface area contributed by atoms with Gasteiger partial charge in [-0.2, -0.15) is 5.10 Å². The first-order chi connectivity index (χ1) is 14.2. The average molecular weight is 396 g/mol. The molecule has 2 N–H and O–H groups in total. The van der Waals surface area contributed by atoms with Crippen LogP contribution in [0.1, 0.15) is 19.3 Å².